The minimum Gasteiger partial charge on any atom is -0.158 e. The highest BCUT2D eigenvalue weighted by molar-refractivity contribution is 8.00. The van der Waals surface area contributed by atoms with Gasteiger partial charge in [-0.3, -0.25) is 0 Å². The molecule has 3 atom stereocenters. The van der Waals surface area contributed by atoms with E-state index in [1.165, 1.54) is 5.75 Å². The first-order valence-electron chi connectivity index (χ1n) is 3.33. The van der Waals surface area contributed by atoms with Gasteiger partial charge in [0, 0.05) is 5.25 Å². The quantitative estimate of drug-likeness (QED) is 0.485. The molecule has 1 fully saturated rings. The maximum Gasteiger partial charge on any atom is 0.00472 e. The molecule has 0 bridgehead atoms. The maximum atomic E-state index is 2.36. The van der Waals surface area contributed by atoms with Gasteiger partial charge in [-0.05, 0) is 17.6 Å². The Kier molecular flexibility index (Phi) is 1.86. The van der Waals surface area contributed by atoms with E-state index in [0.717, 1.165) is 17.1 Å². The van der Waals surface area contributed by atoms with Crippen LogP contribution in [0.3, 0.4) is 0 Å². The molecule has 0 amide bonds. The van der Waals surface area contributed by atoms with Crippen LogP contribution in [0.15, 0.2) is 0 Å². The highest BCUT2D eigenvalue weighted by Gasteiger charge is 2.26. The molecule has 0 aromatic rings. The minimum absolute atomic E-state index is 0.907. The second kappa shape index (κ2) is 2.30. The first-order valence-corrected chi connectivity index (χ1v) is 4.38. The third kappa shape index (κ3) is 1.02. The third-order valence-corrected chi connectivity index (χ3v) is 3.93. The van der Waals surface area contributed by atoms with Crippen LogP contribution in [0.5, 0.6) is 0 Å². The molecule has 1 rings (SSSR count). The van der Waals surface area contributed by atoms with Crippen molar-refractivity contribution >= 4 is 11.8 Å². The van der Waals surface area contributed by atoms with Crippen LogP contribution in [0.4, 0.5) is 0 Å². The molecule has 0 N–H and O–H groups in total. The van der Waals surface area contributed by atoms with Crippen LogP contribution in [0.2, 0.25) is 0 Å². The Hall–Kier alpha value is 0.350. The lowest BCUT2D eigenvalue weighted by Gasteiger charge is -2.10. The molecule has 0 spiro atoms. The molecule has 0 aromatic carbocycles. The smallest absolute Gasteiger partial charge is 0.00472 e. The van der Waals surface area contributed by atoms with Crippen molar-refractivity contribution < 1.29 is 0 Å². The third-order valence-electron chi connectivity index (χ3n) is 2.26. The van der Waals surface area contributed by atoms with Gasteiger partial charge in [0.15, 0.2) is 0 Å². The van der Waals surface area contributed by atoms with E-state index in [2.05, 4.69) is 32.5 Å². The zero-order chi connectivity index (χ0) is 6.15. The summed E-state index contributed by atoms with van der Waals surface area (Å²) in [6, 6.07) is 0. The van der Waals surface area contributed by atoms with Crippen LogP contribution in [0, 0.1) is 11.8 Å². The Morgan fingerprint density at radius 2 is 1.88 bits per heavy atom. The standard InChI is InChI=1S/C7H14S/c1-5-4-8-7(3)6(5)2/h5-7H,4H2,1-3H3/t5-,6?,7?/m1/s1. The molecule has 0 saturated carbocycles. The highest BCUT2D eigenvalue weighted by Crippen LogP contribution is 2.35. The summed E-state index contributed by atoms with van der Waals surface area (Å²) in [5.41, 5.74) is 0. The molecule has 1 heterocycles. The summed E-state index contributed by atoms with van der Waals surface area (Å²) in [5.74, 6) is 3.28. The average Bonchev–Trinajstić information content (AvgIpc) is 1.98. The summed E-state index contributed by atoms with van der Waals surface area (Å²) in [5, 5.41) is 0.907. The lowest BCUT2D eigenvalue weighted by Crippen LogP contribution is -2.09. The molecule has 0 aliphatic carbocycles. The molecule has 1 saturated heterocycles. The van der Waals surface area contributed by atoms with Gasteiger partial charge in [0.05, 0.1) is 0 Å². The predicted octanol–water partition coefficient (Wildman–Crippen LogP) is 2.39. The first kappa shape index (κ1) is 6.47. The second-order valence-electron chi connectivity index (χ2n) is 2.87. The molecule has 8 heavy (non-hydrogen) atoms. The lowest BCUT2D eigenvalue weighted by molar-refractivity contribution is 0.449. The van der Waals surface area contributed by atoms with Gasteiger partial charge in [-0.15, -0.1) is 0 Å². The van der Waals surface area contributed by atoms with E-state index in [4.69, 9.17) is 0 Å². The fourth-order valence-electron chi connectivity index (χ4n) is 1.07. The summed E-state index contributed by atoms with van der Waals surface area (Å²) in [4.78, 5) is 0. The average molecular weight is 130 g/mol. The van der Waals surface area contributed by atoms with Crippen LogP contribution >= 0.6 is 11.8 Å². The van der Waals surface area contributed by atoms with E-state index in [1.807, 2.05) is 0 Å². The van der Waals surface area contributed by atoms with Gasteiger partial charge in [-0.1, -0.05) is 20.8 Å². The summed E-state index contributed by atoms with van der Waals surface area (Å²) in [6.07, 6.45) is 0. The molecule has 48 valence electrons. The summed E-state index contributed by atoms with van der Waals surface area (Å²) in [6.45, 7) is 7.04. The number of thioether (sulfide) groups is 1. The van der Waals surface area contributed by atoms with Crippen LogP contribution in [0.25, 0.3) is 0 Å². The highest BCUT2D eigenvalue weighted by atomic mass is 32.2. The fourth-order valence-corrected chi connectivity index (χ4v) is 2.55. The minimum atomic E-state index is 0.907. The van der Waals surface area contributed by atoms with Gasteiger partial charge >= 0.3 is 0 Å². The lowest BCUT2D eigenvalue weighted by atomic mass is 9.96. The van der Waals surface area contributed by atoms with Crippen LogP contribution < -0.4 is 0 Å². The van der Waals surface area contributed by atoms with Crippen molar-refractivity contribution in [3.8, 4) is 0 Å². The summed E-state index contributed by atoms with van der Waals surface area (Å²) >= 11 is 2.11. The first-order chi connectivity index (χ1) is 3.72. The van der Waals surface area contributed by atoms with E-state index in [1.54, 1.807) is 0 Å². The van der Waals surface area contributed by atoms with Crippen molar-refractivity contribution in [1.82, 2.24) is 0 Å². The van der Waals surface area contributed by atoms with Gasteiger partial charge in [-0.25, -0.2) is 0 Å². The van der Waals surface area contributed by atoms with Crippen molar-refractivity contribution in [3.63, 3.8) is 0 Å². The normalized spacial score (nSPS) is 47.6. The number of rotatable bonds is 0. The molecule has 0 radical (unpaired) electrons. The van der Waals surface area contributed by atoms with E-state index < -0.39 is 0 Å². The van der Waals surface area contributed by atoms with Gasteiger partial charge in [-0.2, -0.15) is 11.8 Å². The Morgan fingerprint density at radius 3 is 2.00 bits per heavy atom. The number of hydrogen-bond acceptors (Lipinski definition) is 1. The number of hydrogen-bond donors (Lipinski definition) is 0. The van der Waals surface area contributed by atoms with Crippen molar-refractivity contribution in [1.29, 1.82) is 0 Å². The molecule has 0 aromatic heterocycles. The maximum absolute atomic E-state index is 2.36. The Bertz CT molecular complexity index is 70.5. The molecule has 2 unspecified atom stereocenters. The van der Waals surface area contributed by atoms with Gasteiger partial charge in [0.2, 0.25) is 0 Å². The topological polar surface area (TPSA) is 0 Å². The molecule has 1 aliphatic rings. The van der Waals surface area contributed by atoms with Crippen molar-refractivity contribution in [2.75, 3.05) is 5.75 Å². The largest absolute Gasteiger partial charge is 0.158 e. The Labute approximate surface area is 56.0 Å². The van der Waals surface area contributed by atoms with Crippen LogP contribution in [-0.2, 0) is 0 Å². The predicted molar refractivity (Wildman–Crippen MR) is 40.2 cm³/mol. The van der Waals surface area contributed by atoms with Crippen molar-refractivity contribution in [2.24, 2.45) is 11.8 Å². The Morgan fingerprint density at radius 1 is 1.25 bits per heavy atom. The fraction of sp³-hybridized carbons (Fsp3) is 1.00. The van der Waals surface area contributed by atoms with Crippen LogP contribution in [-0.4, -0.2) is 11.0 Å². The SMILES string of the molecule is CC1SC[C@@H](C)C1C. The summed E-state index contributed by atoms with van der Waals surface area (Å²) in [7, 11) is 0. The monoisotopic (exact) mass is 130 g/mol. The van der Waals surface area contributed by atoms with Gasteiger partial charge < -0.3 is 0 Å². The Balaban J connectivity index is 2.44. The van der Waals surface area contributed by atoms with E-state index in [9.17, 15) is 0 Å². The second-order valence-corrected chi connectivity index (χ2v) is 4.29. The van der Waals surface area contributed by atoms with E-state index in [-0.39, 0.29) is 0 Å². The van der Waals surface area contributed by atoms with E-state index >= 15 is 0 Å². The van der Waals surface area contributed by atoms with Gasteiger partial charge in [0.25, 0.3) is 0 Å². The van der Waals surface area contributed by atoms with Crippen molar-refractivity contribution in [3.05, 3.63) is 0 Å². The zero-order valence-electron chi connectivity index (χ0n) is 5.85. The zero-order valence-corrected chi connectivity index (χ0v) is 6.66. The van der Waals surface area contributed by atoms with Gasteiger partial charge in [0.1, 0.15) is 0 Å². The van der Waals surface area contributed by atoms with E-state index in [0.29, 0.717) is 0 Å². The molecule has 1 aliphatic heterocycles. The molecular weight excluding hydrogens is 116 g/mol. The molecule has 1 heteroatoms. The molecular formula is C7H14S. The summed E-state index contributed by atoms with van der Waals surface area (Å²) < 4.78 is 0. The van der Waals surface area contributed by atoms with Crippen LogP contribution in [0.1, 0.15) is 20.8 Å². The van der Waals surface area contributed by atoms with Crippen molar-refractivity contribution in [2.45, 2.75) is 26.0 Å². The molecule has 0 nitrogen and oxygen atoms in total.